The number of hydrogen-bond acceptors (Lipinski definition) is 2. The zero-order valence-electron chi connectivity index (χ0n) is 11.0. The number of nitrogens with two attached hydrogens (primary N) is 1. The summed E-state index contributed by atoms with van der Waals surface area (Å²) in [6.45, 7) is 7.37. The van der Waals surface area contributed by atoms with Gasteiger partial charge in [-0.3, -0.25) is 4.90 Å². The minimum atomic E-state index is 0. The fourth-order valence-electron chi connectivity index (χ4n) is 2.66. The van der Waals surface area contributed by atoms with E-state index in [2.05, 4.69) is 24.8 Å². The first-order chi connectivity index (χ1) is 8.10. The molecule has 1 fully saturated rings. The van der Waals surface area contributed by atoms with Crippen LogP contribution in [-0.2, 0) is 6.54 Å². The zero-order valence-corrected chi connectivity index (χ0v) is 12.6. The fraction of sp³-hybridized carbons (Fsp3) is 0.571. The highest BCUT2D eigenvalue weighted by Gasteiger charge is 2.27. The number of nitrogens with zero attached hydrogens (tertiary/aromatic N) is 1. The summed E-state index contributed by atoms with van der Waals surface area (Å²) in [5.74, 6) is 0.664. The van der Waals surface area contributed by atoms with Gasteiger partial charge in [0.15, 0.2) is 0 Å². The van der Waals surface area contributed by atoms with E-state index in [-0.39, 0.29) is 12.4 Å². The van der Waals surface area contributed by atoms with E-state index < -0.39 is 0 Å². The molecule has 2 N–H and O–H groups in total. The van der Waals surface area contributed by atoms with Crippen molar-refractivity contribution in [2.45, 2.75) is 32.9 Å². The van der Waals surface area contributed by atoms with Gasteiger partial charge in [-0.1, -0.05) is 17.7 Å². The van der Waals surface area contributed by atoms with E-state index in [1.165, 1.54) is 17.5 Å². The van der Waals surface area contributed by atoms with Crippen molar-refractivity contribution in [2.75, 3.05) is 13.1 Å². The molecule has 0 aromatic heterocycles. The minimum absolute atomic E-state index is 0. The Labute approximate surface area is 121 Å². The largest absolute Gasteiger partial charge is 0.330 e. The lowest BCUT2D eigenvalue weighted by Crippen LogP contribution is -2.27. The van der Waals surface area contributed by atoms with Crippen LogP contribution in [0.2, 0.25) is 5.02 Å². The first-order valence-corrected chi connectivity index (χ1v) is 6.67. The molecule has 2 atom stereocenters. The van der Waals surface area contributed by atoms with Gasteiger partial charge in [-0.2, -0.15) is 0 Å². The number of likely N-dealkylation sites (tertiary alicyclic amines) is 1. The first-order valence-electron chi connectivity index (χ1n) is 6.29. The molecule has 0 radical (unpaired) electrons. The Morgan fingerprint density at radius 1 is 1.44 bits per heavy atom. The van der Waals surface area contributed by atoms with E-state index in [0.717, 1.165) is 24.7 Å². The second-order valence-corrected chi connectivity index (χ2v) is 5.62. The van der Waals surface area contributed by atoms with Crippen LogP contribution in [0.1, 0.15) is 24.5 Å². The highest BCUT2D eigenvalue weighted by atomic mass is 35.5. The molecule has 18 heavy (non-hydrogen) atoms. The maximum absolute atomic E-state index is 5.98. The Balaban J connectivity index is 0.00000162. The quantitative estimate of drug-likeness (QED) is 0.925. The van der Waals surface area contributed by atoms with E-state index in [9.17, 15) is 0 Å². The third-order valence-electron chi connectivity index (χ3n) is 3.80. The molecule has 0 spiro atoms. The highest BCUT2D eigenvalue weighted by Crippen LogP contribution is 2.25. The molecular weight excluding hydrogens is 267 g/mol. The molecule has 1 heterocycles. The van der Waals surface area contributed by atoms with Gasteiger partial charge in [0, 0.05) is 24.2 Å². The average molecular weight is 289 g/mol. The topological polar surface area (TPSA) is 29.3 Å². The van der Waals surface area contributed by atoms with E-state index >= 15 is 0 Å². The standard InChI is InChI=1S/C14H21ClN2.ClH/c1-10-5-14(15)4-3-13(10)9-17-8-12(7-16)6-11(17)2;/h3-5,11-12H,6-9,16H2,1-2H3;1H. The summed E-state index contributed by atoms with van der Waals surface area (Å²) < 4.78 is 0. The van der Waals surface area contributed by atoms with E-state index in [1.54, 1.807) is 0 Å². The summed E-state index contributed by atoms with van der Waals surface area (Å²) in [5, 5.41) is 0.820. The molecule has 2 nitrogen and oxygen atoms in total. The Morgan fingerprint density at radius 2 is 2.17 bits per heavy atom. The van der Waals surface area contributed by atoms with Crippen molar-refractivity contribution < 1.29 is 0 Å². The Kier molecular flexibility index (Phi) is 5.93. The Morgan fingerprint density at radius 3 is 2.72 bits per heavy atom. The van der Waals surface area contributed by atoms with Crippen LogP contribution in [0, 0.1) is 12.8 Å². The smallest absolute Gasteiger partial charge is 0.0408 e. The second kappa shape index (κ2) is 6.76. The van der Waals surface area contributed by atoms with E-state index in [1.807, 2.05) is 12.1 Å². The van der Waals surface area contributed by atoms with Gasteiger partial charge in [0.2, 0.25) is 0 Å². The lowest BCUT2D eigenvalue weighted by atomic mass is 10.1. The molecule has 0 bridgehead atoms. The number of benzene rings is 1. The molecular formula is C14H22Cl2N2. The summed E-state index contributed by atoms with van der Waals surface area (Å²) in [7, 11) is 0. The van der Waals surface area contributed by atoms with Gasteiger partial charge in [0.25, 0.3) is 0 Å². The molecule has 1 aliphatic rings. The van der Waals surface area contributed by atoms with Crippen LogP contribution in [0.4, 0.5) is 0 Å². The van der Waals surface area contributed by atoms with Gasteiger partial charge in [0.05, 0.1) is 0 Å². The molecule has 4 heteroatoms. The predicted molar refractivity (Wildman–Crippen MR) is 80.5 cm³/mol. The van der Waals surface area contributed by atoms with Crippen LogP contribution in [0.5, 0.6) is 0 Å². The summed E-state index contributed by atoms with van der Waals surface area (Å²) in [6.07, 6.45) is 1.23. The molecule has 1 aromatic rings. The second-order valence-electron chi connectivity index (χ2n) is 5.19. The number of hydrogen-bond donors (Lipinski definition) is 1. The predicted octanol–water partition coefficient (Wildman–Crippen LogP) is 3.24. The number of rotatable bonds is 3. The summed E-state index contributed by atoms with van der Waals surface area (Å²) in [5.41, 5.74) is 8.41. The van der Waals surface area contributed by atoms with Crippen molar-refractivity contribution in [3.05, 3.63) is 34.3 Å². The van der Waals surface area contributed by atoms with Crippen molar-refractivity contribution in [1.82, 2.24) is 4.90 Å². The van der Waals surface area contributed by atoms with Gasteiger partial charge < -0.3 is 5.73 Å². The summed E-state index contributed by atoms with van der Waals surface area (Å²) in [6, 6.07) is 6.79. The lowest BCUT2D eigenvalue weighted by molar-refractivity contribution is 0.255. The third kappa shape index (κ3) is 3.61. The molecule has 1 saturated heterocycles. The summed E-state index contributed by atoms with van der Waals surface area (Å²) in [4.78, 5) is 2.52. The fourth-order valence-corrected chi connectivity index (χ4v) is 2.89. The van der Waals surface area contributed by atoms with Crippen LogP contribution < -0.4 is 5.73 Å². The molecule has 0 amide bonds. The van der Waals surface area contributed by atoms with Crippen molar-refractivity contribution in [2.24, 2.45) is 11.7 Å². The first kappa shape index (κ1) is 15.8. The van der Waals surface area contributed by atoms with Crippen molar-refractivity contribution in [1.29, 1.82) is 0 Å². The third-order valence-corrected chi connectivity index (χ3v) is 4.04. The van der Waals surface area contributed by atoms with Crippen molar-refractivity contribution >= 4 is 24.0 Å². The summed E-state index contributed by atoms with van der Waals surface area (Å²) >= 11 is 5.98. The SMILES string of the molecule is Cc1cc(Cl)ccc1CN1CC(CN)CC1C.Cl. The van der Waals surface area contributed by atoms with Crippen LogP contribution >= 0.6 is 24.0 Å². The van der Waals surface area contributed by atoms with Crippen molar-refractivity contribution in [3.63, 3.8) is 0 Å². The zero-order chi connectivity index (χ0) is 12.4. The van der Waals surface area contributed by atoms with Gasteiger partial charge >= 0.3 is 0 Å². The normalized spacial score (nSPS) is 24.0. The van der Waals surface area contributed by atoms with E-state index in [0.29, 0.717) is 12.0 Å². The molecule has 2 unspecified atom stereocenters. The maximum atomic E-state index is 5.98. The highest BCUT2D eigenvalue weighted by molar-refractivity contribution is 6.30. The molecule has 0 saturated carbocycles. The van der Waals surface area contributed by atoms with Gasteiger partial charge in [0.1, 0.15) is 0 Å². The minimum Gasteiger partial charge on any atom is -0.330 e. The average Bonchev–Trinajstić information content (AvgIpc) is 2.64. The Hall–Kier alpha value is -0.280. The number of aryl methyl sites for hydroxylation is 1. The number of halogens is 2. The van der Waals surface area contributed by atoms with Crippen LogP contribution in [0.3, 0.4) is 0 Å². The van der Waals surface area contributed by atoms with Crippen LogP contribution in [-0.4, -0.2) is 24.0 Å². The van der Waals surface area contributed by atoms with Gasteiger partial charge in [-0.15, -0.1) is 12.4 Å². The molecule has 1 aliphatic heterocycles. The monoisotopic (exact) mass is 288 g/mol. The van der Waals surface area contributed by atoms with E-state index in [4.69, 9.17) is 17.3 Å². The molecule has 1 aromatic carbocycles. The molecule has 102 valence electrons. The Bertz CT molecular complexity index is 395. The van der Waals surface area contributed by atoms with Gasteiger partial charge in [-0.05, 0) is 56.0 Å². The maximum Gasteiger partial charge on any atom is 0.0408 e. The van der Waals surface area contributed by atoms with Gasteiger partial charge in [-0.25, -0.2) is 0 Å². The van der Waals surface area contributed by atoms with Crippen LogP contribution in [0.15, 0.2) is 18.2 Å². The lowest BCUT2D eigenvalue weighted by Gasteiger charge is -2.22. The molecule has 2 rings (SSSR count). The van der Waals surface area contributed by atoms with Crippen molar-refractivity contribution in [3.8, 4) is 0 Å². The van der Waals surface area contributed by atoms with Crippen LogP contribution in [0.25, 0.3) is 0 Å². The molecule has 0 aliphatic carbocycles.